The summed E-state index contributed by atoms with van der Waals surface area (Å²) in [6.07, 6.45) is 6.46. The van der Waals surface area contributed by atoms with Gasteiger partial charge in [0, 0.05) is 5.97 Å². The molecule has 1 saturated carbocycles. The molecule has 1 fully saturated rings. The Bertz CT molecular complexity index is 221. The van der Waals surface area contributed by atoms with Gasteiger partial charge in [-0.2, -0.15) is 0 Å². The van der Waals surface area contributed by atoms with Crippen LogP contribution in [0.3, 0.4) is 0 Å². The smallest absolute Gasteiger partial charge is 0.0417 e. The summed E-state index contributed by atoms with van der Waals surface area (Å²) in [7, 11) is 0. The zero-order valence-electron chi connectivity index (χ0n) is 10.2. The molecule has 0 aliphatic heterocycles. The molecule has 2 nitrogen and oxygen atoms in total. The molecule has 0 amide bonds. The first-order valence-electron chi connectivity index (χ1n) is 6.18. The van der Waals surface area contributed by atoms with Crippen LogP contribution in [0.25, 0.3) is 0 Å². The second-order valence-electron chi connectivity index (χ2n) is 5.52. The highest BCUT2D eigenvalue weighted by atomic mass is 16.4. The van der Waals surface area contributed by atoms with E-state index in [1.165, 1.54) is 25.7 Å². The molecule has 0 bridgehead atoms. The molecule has 2 atom stereocenters. The van der Waals surface area contributed by atoms with Crippen molar-refractivity contribution in [2.75, 3.05) is 0 Å². The van der Waals surface area contributed by atoms with E-state index < -0.39 is 5.97 Å². The van der Waals surface area contributed by atoms with Crippen molar-refractivity contribution in [1.29, 1.82) is 0 Å². The molecule has 0 radical (unpaired) electrons. The average Bonchev–Trinajstić information content (AvgIpc) is 2.15. The van der Waals surface area contributed by atoms with E-state index in [1.807, 2.05) is 0 Å². The molecular formula is C13H23O2-. The van der Waals surface area contributed by atoms with Crippen molar-refractivity contribution in [2.45, 2.75) is 59.3 Å². The van der Waals surface area contributed by atoms with E-state index in [0.29, 0.717) is 5.92 Å². The van der Waals surface area contributed by atoms with E-state index in [1.54, 1.807) is 0 Å². The molecule has 1 aliphatic rings. The van der Waals surface area contributed by atoms with Gasteiger partial charge in [0.1, 0.15) is 0 Å². The quantitative estimate of drug-likeness (QED) is 0.633. The number of carboxylic acids is 1. The molecule has 0 aromatic carbocycles. The van der Waals surface area contributed by atoms with Crippen molar-refractivity contribution in [3.63, 3.8) is 0 Å². The predicted molar refractivity (Wildman–Crippen MR) is 59.1 cm³/mol. The standard InChI is InChI=1S/C13H24O2/c1-4-5-6-7-10-8-11(9-12(14)15)13(10,2)3/h10-11H,4-9H2,1-3H3,(H,14,15)/p-1. The Morgan fingerprint density at radius 2 is 2.00 bits per heavy atom. The molecule has 1 aliphatic carbocycles. The van der Waals surface area contributed by atoms with E-state index >= 15 is 0 Å². The summed E-state index contributed by atoms with van der Waals surface area (Å²) in [5, 5.41) is 10.5. The molecule has 2 heteroatoms. The van der Waals surface area contributed by atoms with Gasteiger partial charge in [0.15, 0.2) is 0 Å². The number of carbonyl (C=O) groups excluding carboxylic acids is 1. The summed E-state index contributed by atoms with van der Waals surface area (Å²) in [6.45, 7) is 6.63. The van der Waals surface area contributed by atoms with Crippen LogP contribution in [-0.4, -0.2) is 5.97 Å². The molecule has 0 spiro atoms. The monoisotopic (exact) mass is 211 g/mol. The molecule has 15 heavy (non-hydrogen) atoms. The topological polar surface area (TPSA) is 40.1 Å². The summed E-state index contributed by atoms with van der Waals surface area (Å²) in [5.74, 6) is 0.183. The highest BCUT2D eigenvalue weighted by Gasteiger charge is 2.46. The van der Waals surface area contributed by atoms with Crippen molar-refractivity contribution in [2.24, 2.45) is 17.3 Å². The minimum atomic E-state index is -0.889. The molecule has 0 N–H and O–H groups in total. The number of unbranched alkanes of at least 4 members (excludes halogenated alkanes) is 2. The summed E-state index contributed by atoms with van der Waals surface area (Å²) >= 11 is 0. The van der Waals surface area contributed by atoms with Gasteiger partial charge in [0.05, 0.1) is 0 Å². The molecule has 0 aromatic rings. The average molecular weight is 211 g/mol. The summed E-state index contributed by atoms with van der Waals surface area (Å²) in [6, 6.07) is 0. The Kier molecular flexibility index (Phi) is 4.18. The lowest BCUT2D eigenvalue weighted by molar-refractivity contribution is -0.309. The SMILES string of the molecule is CCCCCC1CC(CC(=O)[O-])C1(C)C. The fourth-order valence-electron chi connectivity index (χ4n) is 2.80. The number of hydrogen-bond donors (Lipinski definition) is 0. The Morgan fingerprint density at radius 3 is 2.47 bits per heavy atom. The lowest BCUT2D eigenvalue weighted by Crippen LogP contribution is -2.47. The summed E-state index contributed by atoms with van der Waals surface area (Å²) in [4.78, 5) is 10.5. The van der Waals surface area contributed by atoms with Crippen molar-refractivity contribution < 1.29 is 9.90 Å². The summed E-state index contributed by atoms with van der Waals surface area (Å²) < 4.78 is 0. The van der Waals surface area contributed by atoms with Crippen molar-refractivity contribution in [3.05, 3.63) is 0 Å². The molecular weight excluding hydrogens is 188 g/mol. The van der Waals surface area contributed by atoms with Crippen LogP contribution in [0.2, 0.25) is 0 Å². The third-order valence-corrected chi connectivity index (χ3v) is 4.24. The third-order valence-electron chi connectivity index (χ3n) is 4.24. The van der Waals surface area contributed by atoms with Gasteiger partial charge in [-0.15, -0.1) is 0 Å². The maximum absolute atomic E-state index is 10.5. The fraction of sp³-hybridized carbons (Fsp3) is 0.923. The van der Waals surface area contributed by atoms with E-state index in [4.69, 9.17) is 0 Å². The molecule has 2 unspecified atom stereocenters. The number of aliphatic carboxylic acids is 1. The Morgan fingerprint density at radius 1 is 1.33 bits per heavy atom. The number of carboxylic acid groups (broad SMARTS) is 1. The molecule has 1 rings (SSSR count). The second-order valence-corrected chi connectivity index (χ2v) is 5.52. The van der Waals surface area contributed by atoms with E-state index in [9.17, 15) is 9.90 Å². The van der Waals surface area contributed by atoms with Gasteiger partial charge in [-0.05, 0) is 36.5 Å². The number of carbonyl (C=O) groups is 1. The number of rotatable bonds is 6. The first kappa shape index (κ1) is 12.5. The molecule has 88 valence electrons. The van der Waals surface area contributed by atoms with Gasteiger partial charge >= 0.3 is 0 Å². The first-order valence-corrected chi connectivity index (χ1v) is 6.18. The van der Waals surface area contributed by atoms with Crippen LogP contribution in [-0.2, 0) is 4.79 Å². The zero-order valence-corrected chi connectivity index (χ0v) is 10.2. The highest BCUT2D eigenvalue weighted by molar-refractivity contribution is 5.64. The minimum Gasteiger partial charge on any atom is -0.550 e. The van der Waals surface area contributed by atoms with Crippen LogP contribution in [0.4, 0.5) is 0 Å². The Balaban J connectivity index is 2.31. The molecule has 0 heterocycles. The second kappa shape index (κ2) is 5.00. The van der Waals surface area contributed by atoms with Crippen LogP contribution in [0.15, 0.2) is 0 Å². The van der Waals surface area contributed by atoms with Crippen molar-refractivity contribution >= 4 is 5.97 Å². The lowest BCUT2D eigenvalue weighted by atomic mass is 9.52. The van der Waals surface area contributed by atoms with Crippen LogP contribution < -0.4 is 5.11 Å². The summed E-state index contributed by atoms with van der Waals surface area (Å²) in [5.41, 5.74) is 0.216. The fourth-order valence-corrected chi connectivity index (χ4v) is 2.80. The maximum Gasteiger partial charge on any atom is 0.0417 e. The normalized spacial score (nSPS) is 28.5. The molecule has 0 saturated heterocycles. The maximum atomic E-state index is 10.5. The third kappa shape index (κ3) is 2.96. The van der Waals surface area contributed by atoms with Crippen molar-refractivity contribution in [1.82, 2.24) is 0 Å². The zero-order chi connectivity index (χ0) is 11.5. The highest BCUT2D eigenvalue weighted by Crippen LogP contribution is 2.54. The van der Waals surface area contributed by atoms with E-state index in [-0.39, 0.29) is 11.8 Å². The van der Waals surface area contributed by atoms with E-state index in [0.717, 1.165) is 12.3 Å². The van der Waals surface area contributed by atoms with Gasteiger partial charge in [0.25, 0.3) is 0 Å². The van der Waals surface area contributed by atoms with Crippen LogP contribution >= 0.6 is 0 Å². The predicted octanol–water partition coefficient (Wildman–Crippen LogP) is 2.37. The first-order chi connectivity index (χ1) is 6.98. The van der Waals surface area contributed by atoms with Crippen molar-refractivity contribution in [3.8, 4) is 0 Å². The van der Waals surface area contributed by atoms with Crippen LogP contribution in [0.5, 0.6) is 0 Å². The van der Waals surface area contributed by atoms with Crippen LogP contribution in [0, 0.1) is 17.3 Å². The number of hydrogen-bond acceptors (Lipinski definition) is 2. The minimum absolute atomic E-state index is 0.216. The molecule has 0 aromatic heterocycles. The van der Waals surface area contributed by atoms with Gasteiger partial charge in [-0.3, -0.25) is 0 Å². The van der Waals surface area contributed by atoms with Crippen LogP contribution in [0.1, 0.15) is 59.3 Å². The van der Waals surface area contributed by atoms with Gasteiger partial charge < -0.3 is 9.90 Å². The Hall–Kier alpha value is -0.530. The largest absolute Gasteiger partial charge is 0.550 e. The van der Waals surface area contributed by atoms with Gasteiger partial charge in [-0.25, -0.2) is 0 Å². The lowest BCUT2D eigenvalue weighted by Gasteiger charge is -2.53. The van der Waals surface area contributed by atoms with Gasteiger partial charge in [-0.1, -0.05) is 40.0 Å². The van der Waals surface area contributed by atoms with E-state index in [2.05, 4.69) is 20.8 Å². The Labute approximate surface area is 93.1 Å². The van der Waals surface area contributed by atoms with Gasteiger partial charge in [0.2, 0.25) is 0 Å².